The van der Waals surface area contributed by atoms with E-state index in [9.17, 15) is 82.4 Å². The summed E-state index contributed by atoms with van der Waals surface area (Å²) in [4.78, 5) is 226. The van der Waals surface area contributed by atoms with Crippen LogP contribution in [0.25, 0.3) is 10.9 Å². The molecular weight excluding hydrogens is 1520 g/mol. The highest BCUT2D eigenvalue weighted by molar-refractivity contribution is 6.00. The smallest absolute Gasteiger partial charge is 0.246 e. The van der Waals surface area contributed by atoms with Gasteiger partial charge >= 0.3 is 0 Å². The summed E-state index contributed by atoms with van der Waals surface area (Å²) < 4.78 is 10.3. The quantitative estimate of drug-likeness (QED) is 0.0112. The van der Waals surface area contributed by atoms with Crippen LogP contribution in [0, 0.1) is 0 Å². The standard InChI is InChI=1S/C74H110N22O20/c1-2-3-15-49(88-67(108)52(23-27-97)91-70(111)56(33-44-36-80-41-85-44)94-66(107)51(19-21-59(76)100)90-71(112)57(39-98)86-61(102)37-84-62(103)40-116-30-29-115-28-24-75)64(105)92-53-20-22-60(101)81-25-10-9-17-48(63(77)104)87-69(110)55(32-43-35-83-47-16-8-7-14-46(43)47)93-65(106)50(18-11-26-82-74(78)79)89-68(109)54(31-42-12-5-4-6-13-42)95-72(113)58-34-45(99)38-96(58)73(53)114/h4-8,12-14,16,35-36,41,45,48-58,83,97-99H,2-3,9-11,15,17-34,37-40,75H2,1H3,(H2,76,100)(H2,77,104)(H,80,85)(H,81,101)(H,84,103)(H,86,102)(H,87,110)(H,88,108)(H,89,109)(H,90,112)(H,91,111)(H,92,105)(H,93,106)(H,94,107)(H,95,113)(H4,78,79,82)/t45-,48+,49+,50+,51+,52+,53+,54-,55+,56+,57+,58+/m1/s1. The van der Waals surface area contributed by atoms with Crippen LogP contribution >= 0.6 is 0 Å². The topological polar surface area (TPSA) is 670 Å². The number of amides is 15. The fourth-order valence-electron chi connectivity index (χ4n) is 12.7. The number of hydrogen-bond acceptors (Lipinski definition) is 23. The number of imidazole rings is 1. The van der Waals surface area contributed by atoms with E-state index in [0.29, 0.717) is 17.5 Å². The number of carbonyl (C=O) groups is 15. The largest absolute Gasteiger partial charge is 0.396 e. The van der Waals surface area contributed by atoms with E-state index in [4.69, 9.17) is 38.1 Å². The number of aliphatic hydroxyl groups excluding tert-OH is 3. The molecule has 636 valence electrons. The third-order valence-electron chi connectivity index (χ3n) is 18.9. The molecule has 6 rings (SSSR count). The molecule has 42 nitrogen and oxygen atoms in total. The molecule has 0 aliphatic carbocycles. The van der Waals surface area contributed by atoms with Crippen molar-refractivity contribution in [2.45, 2.75) is 189 Å². The number of primary amides is 2. The second kappa shape index (κ2) is 49.1. The first-order chi connectivity index (χ1) is 55.6. The van der Waals surface area contributed by atoms with E-state index in [2.05, 4.69) is 83.7 Å². The average molecular weight is 1630 g/mol. The predicted octanol–water partition coefficient (Wildman–Crippen LogP) is -7.71. The molecule has 0 radical (unpaired) electrons. The molecule has 2 fully saturated rings. The Hall–Kier alpha value is -11.7. The Kier molecular flexibility index (Phi) is 39.4. The third kappa shape index (κ3) is 31.6. The van der Waals surface area contributed by atoms with Gasteiger partial charge in [0, 0.05) is 100 Å². The van der Waals surface area contributed by atoms with Gasteiger partial charge in [-0.15, -0.1) is 0 Å². The first-order valence-corrected chi connectivity index (χ1v) is 38.4. The van der Waals surface area contributed by atoms with Gasteiger partial charge in [-0.25, -0.2) is 4.98 Å². The molecule has 2 aromatic carbocycles. The van der Waals surface area contributed by atoms with Gasteiger partial charge in [-0.3, -0.25) is 76.9 Å². The summed E-state index contributed by atoms with van der Waals surface area (Å²) in [5.41, 5.74) is 30.0. The lowest BCUT2D eigenvalue weighted by molar-refractivity contribution is -0.143. The zero-order valence-corrected chi connectivity index (χ0v) is 64.7. The zero-order valence-electron chi connectivity index (χ0n) is 64.7. The molecule has 0 saturated carbocycles. The first kappa shape index (κ1) is 93.1. The van der Waals surface area contributed by atoms with E-state index >= 15 is 4.79 Å². The van der Waals surface area contributed by atoms with Crippen molar-refractivity contribution in [3.05, 3.63) is 90.1 Å². The molecule has 2 aliphatic heterocycles. The Balaban J connectivity index is 1.26. The molecule has 116 heavy (non-hydrogen) atoms. The van der Waals surface area contributed by atoms with Gasteiger partial charge in [0.1, 0.15) is 73.1 Å². The summed E-state index contributed by atoms with van der Waals surface area (Å²) in [6.45, 7) is -0.951. The SMILES string of the molecule is CCCC[C@H](NC(=O)[C@H](CCO)NC(=O)[C@H](Cc1cnc[nH]1)NC(=O)[C@H](CCC(N)=O)NC(=O)[C@H](CO)NC(=O)CNC(=O)COCCOCCN)C(=O)N[C@H]1CCC(=O)NCCCC[C@@H](C(N)=O)NC(=O)[C@H](Cc2c[nH]c3ccccc23)NC(=O)[C@H](CCCN=C(N)N)NC(=O)[C@@H](Cc2ccccc2)NC(=O)[C@@H]2C[C@@H](O)CN2C1=O. The number of aromatic amines is 2. The van der Waals surface area contributed by atoms with E-state index in [-0.39, 0.29) is 115 Å². The van der Waals surface area contributed by atoms with Crippen molar-refractivity contribution in [1.82, 2.24) is 83.7 Å². The number of aliphatic hydroxyl groups is 3. The Morgan fingerprint density at radius 1 is 0.672 bits per heavy atom. The van der Waals surface area contributed by atoms with Crippen molar-refractivity contribution in [3.8, 4) is 0 Å². The number of nitrogens with two attached hydrogens (primary N) is 5. The van der Waals surface area contributed by atoms with Crippen molar-refractivity contribution in [2.75, 3.05) is 72.4 Å². The van der Waals surface area contributed by atoms with Crippen LogP contribution in [0.1, 0.15) is 114 Å². The van der Waals surface area contributed by atoms with Crippen LogP contribution in [0.15, 0.2) is 78.3 Å². The summed E-state index contributed by atoms with van der Waals surface area (Å²) in [6.07, 6.45) is 0.0662. The van der Waals surface area contributed by atoms with E-state index in [0.717, 1.165) is 15.8 Å². The monoisotopic (exact) mass is 1630 g/mol. The van der Waals surface area contributed by atoms with Gasteiger partial charge in [0.25, 0.3) is 0 Å². The predicted molar refractivity (Wildman–Crippen MR) is 416 cm³/mol. The van der Waals surface area contributed by atoms with Crippen molar-refractivity contribution in [2.24, 2.45) is 33.7 Å². The maximum absolute atomic E-state index is 15.3. The van der Waals surface area contributed by atoms with E-state index in [1.54, 1.807) is 55.6 Å². The molecule has 2 aliphatic rings. The third-order valence-corrected chi connectivity index (χ3v) is 18.9. The number of rotatable bonds is 40. The molecule has 0 bridgehead atoms. The Bertz CT molecular complexity index is 3980. The first-order valence-electron chi connectivity index (χ1n) is 38.4. The minimum absolute atomic E-state index is 0.0116. The molecule has 2 saturated heterocycles. The minimum Gasteiger partial charge on any atom is -0.396 e. The lowest BCUT2D eigenvalue weighted by Gasteiger charge is -2.31. The van der Waals surface area contributed by atoms with E-state index in [1.807, 2.05) is 12.1 Å². The average Bonchev–Trinajstić information content (AvgIpc) is 1.64. The molecule has 42 heteroatoms. The molecule has 2 aromatic heterocycles. The lowest BCUT2D eigenvalue weighted by Crippen LogP contribution is -2.61. The molecule has 0 spiro atoms. The Morgan fingerprint density at radius 2 is 1.31 bits per heavy atom. The maximum Gasteiger partial charge on any atom is 0.246 e. The fourth-order valence-corrected chi connectivity index (χ4v) is 12.7. The summed E-state index contributed by atoms with van der Waals surface area (Å²) in [6, 6.07) is -1.75. The molecule has 15 amide bonds. The number of aliphatic imine (C=N–C) groups is 1. The summed E-state index contributed by atoms with van der Waals surface area (Å²) in [7, 11) is 0. The van der Waals surface area contributed by atoms with E-state index < -0.39 is 233 Å². The molecule has 12 atom stereocenters. The number of carbonyl (C=O) groups excluding carboxylic acids is 15. The van der Waals surface area contributed by atoms with Crippen molar-refractivity contribution < 1.29 is 96.7 Å². The zero-order chi connectivity index (χ0) is 84.6. The number of guanidine groups is 1. The maximum atomic E-state index is 15.3. The number of aromatic nitrogens is 3. The second-order valence-corrected chi connectivity index (χ2v) is 27.9. The highest BCUT2D eigenvalue weighted by atomic mass is 16.5. The molecular formula is C74H110N22O20. The summed E-state index contributed by atoms with van der Waals surface area (Å²) in [5.74, 6) is -14.4. The minimum atomic E-state index is -1.74. The number of benzene rings is 2. The molecule has 0 unspecified atom stereocenters. The van der Waals surface area contributed by atoms with Crippen LogP contribution in [0.5, 0.6) is 0 Å². The lowest BCUT2D eigenvalue weighted by atomic mass is 10.0. The van der Waals surface area contributed by atoms with Gasteiger partial charge < -0.3 is 132 Å². The van der Waals surface area contributed by atoms with Crippen LogP contribution in [-0.2, 0) is 101 Å². The number of nitrogens with zero attached hydrogens (tertiary/aromatic N) is 3. The second-order valence-electron chi connectivity index (χ2n) is 27.9. The van der Waals surface area contributed by atoms with Crippen molar-refractivity contribution in [3.63, 3.8) is 0 Å². The summed E-state index contributed by atoms with van der Waals surface area (Å²) >= 11 is 0. The van der Waals surface area contributed by atoms with Gasteiger partial charge in [-0.05, 0) is 75.0 Å². The van der Waals surface area contributed by atoms with Gasteiger partial charge in [0.05, 0.1) is 45.4 Å². The van der Waals surface area contributed by atoms with E-state index in [1.165, 1.54) is 12.5 Å². The number of nitrogens with one attached hydrogen (secondary N) is 14. The number of fused-ring (bicyclic) bond motifs is 2. The highest BCUT2D eigenvalue weighted by Crippen LogP contribution is 2.23. The number of ether oxygens (including phenoxy) is 2. The number of hydrogen-bond donors (Lipinski definition) is 22. The van der Waals surface area contributed by atoms with Crippen LogP contribution in [0.2, 0.25) is 0 Å². The van der Waals surface area contributed by atoms with Crippen LogP contribution in [0.4, 0.5) is 0 Å². The molecule has 4 aromatic rings. The summed E-state index contributed by atoms with van der Waals surface area (Å²) in [5, 5.41) is 63.2. The number of unbranched alkanes of at least 4 members (excludes halogenated alkanes) is 1. The van der Waals surface area contributed by atoms with Crippen LogP contribution < -0.4 is 92.5 Å². The van der Waals surface area contributed by atoms with Gasteiger partial charge in [0.15, 0.2) is 5.96 Å². The Labute approximate surface area is 668 Å². The molecule has 27 N–H and O–H groups in total. The molecule has 4 heterocycles. The number of H-pyrrole nitrogens is 2. The fraction of sp³-hybridized carbons (Fsp3) is 0.554. The van der Waals surface area contributed by atoms with Crippen molar-refractivity contribution in [1.29, 1.82) is 0 Å². The van der Waals surface area contributed by atoms with Gasteiger partial charge in [-0.1, -0.05) is 68.3 Å². The van der Waals surface area contributed by atoms with Gasteiger partial charge in [0.2, 0.25) is 88.6 Å². The van der Waals surface area contributed by atoms with Crippen molar-refractivity contribution >= 4 is 105 Å². The van der Waals surface area contributed by atoms with Crippen LogP contribution in [-0.4, -0.2) is 275 Å². The Morgan fingerprint density at radius 3 is 1.98 bits per heavy atom. The highest BCUT2D eigenvalue weighted by Gasteiger charge is 2.44. The van der Waals surface area contributed by atoms with Crippen LogP contribution in [0.3, 0.4) is 0 Å². The number of para-hydroxylation sites is 1. The normalized spacial score (nSPS) is 20.0. The van der Waals surface area contributed by atoms with Gasteiger partial charge in [-0.2, -0.15) is 0 Å².